The van der Waals surface area contributed by atoms with Crippen molar-refractivity contribution in [2.75, 3.05) is 30.4 Å². The van der Waals surface area contributed by atoms with Crippen molar-refractivity contribution in [2.24, 2.45) is 5.92 Å². The number of carbonyl (C=O) groups excluding carboxylic acids is 1. The van der Waals surface area contributed by atoms with Crippen molar-refractivity contribution in [1.29, 1.82) is 0 Å². The van der Waals surface area contributed by atoms with Gasteiger partial charge < -0.3 is 15.0 Å². The summed E-state index contributed by atoms with van der Waals surface area (Å²) in [5.41, 5.74) is 0.864. The fourth-order valence-corrected chi connectivity index (χ4v) is 3.89. The Kier molecular flexibility index (Phi) is 5.43. The largest absolute Gasteiger partial charge is 0.481 e. The Morgan fingerprint density at radius 2 is 2.21 bits per heavy atom. The highest BCUT2D eigenvalue weighted by molar-refractivity contribution is 7.13. The third-order valence-electron chi connectivity index (χ3n) is 4.64. The monoisotopic (exact) mass is 396 g/mol. The van der Waals surface area contributed by atoms with Gasteiger partial charge in [0.25, 0.3) is 0 Å². The van der Waals surface area contributed by atoms with Crippen molar-refractivity contribution in [3.8, 4) is 16.5 Å². The molecule has 8 nitrogen and oxygen atoms in total. The maximum atomic E-state index is 12.7. The SMILES string of the molecule is COc1cc(NC(=O)[C@H]2CCCN(c3ccc(-c4cccs4)nn3)C2)ncn1. The van der Waals surface area contributed by atoms with Crippen LogP contribution < -0.4 is 15.0 Å². The van der Waals surface area contributed by atoms with Gasteiger partial charge in [0.2, 0.25) is 11.8 Å². The second-order valence-corrected chi connectivity index (χ2v) is 7.42. The molecule has 144 valence electrons. The summed E-state index contributed by atoms with van der Waals surface area (Å²) in [7, 11) is 1.53. The molecule has 1 saturated heterocycles. The molecule has 28 heavy (non-hydrogen) atoms. The van der Waals surface area contributed by atoms with Gasteiger partial charge in [0, 0.05) is 19.2 Å². The summed E-state index contributed by atoms with van der Waals surface area (Å²) in [6, 6.07) is 9.57. The topological polar surface area (TPSA) is 93.1 Å². The number of carbonyl (C=O) groups is 1. The lowest BCUT2D eigenvalue weighted by atomic mass is 9.97. The molecule has 0 bridgehead atoms. The lowest BCUT2D eigenvalue weighted by Crippen LogP contribution is -2.41. The van der Waals surface area contributed by atoms with Gasteiger partial charge in [-0.05, 0) is 36.4 Å². The van der Waals surface area contributed by atoms with E-state index < -0.39 is 0 Å². The lowest BCUT2D eigenvalue weighted by molar-refractivity contribution is -0.120. The molecule has 0 spiro atoms. The van der Waals surface area contributed by atoms with Crippen LogP contribution in [0.4, 0.5) is 11.6 Å². The number of methoxy groups -OCH3 is 1. The molecule has 0 saturated carbocycles. The molecular formula is C19H20N6O2S. The molecule has 1 aliphatic rings. The Labute approximate surface area is 166 Å². The summed E-state index contributed by atoms with van der Waals surface area (Å²) in [4.78, 5) is 23.9. The summed E-state index contributed by atoms with van der Waals surface area (Å²) < 4.78 is 5.07. The van der Waals surface area contributed by atoms with E-state index in [1.165, 1.54) is 13.4 Å². The van der Waals surface area contributed by atoms with E-state index in [-0.39, 0.29) is 11.8 Å². The van der Waals surface area contributed by atoms with Gasteiger partial charge in [0.05, 0.1) is 17.9 Å². The minimum Gasteiger partial charge on any atom is -0.481 e. The van der Waals surface area contributed by atoms with E-state index in [1.54, 1.807) is 17.4 Å². The average Bonchev–Trinajstić information content (AvgIpc) is 3.29. The number of ether oxygens (including phenoxy) is 1. The van der Waals surface area contributed by atoms with E-state index in [0.29, 0.717) is 18.2 Å². The van der Waals surface area contributed by atoms with E-state index in [9.17, 15) is 4.79 Å². The molecule has 3 aromatic heterocycles. The first-order valence-electron chi connectivity index (χ1n) is 9.02. The highest BCUT2D eigenvalue weighted by Crippen LogP contribution is 2.26. The van der Waals surface area contributed by atoms with E-state index in [1.807, 2.05) is 29.6 Å². The number of anilines is 2. The first kappa shape index (κ1) is 18.3. The average molecular weight is 396 g/mol. The lowest BCUT2D eigenvalue weighted by Gasteiger charge is -2.32. The van der Waals surface area contributed by atoms with Crippen LogP contribution in [0, 0.1) is 5.92 Å². The van der Waals surface area contributed by atoms with Gasteiger partial charge in [-0.3, -0.25) is 4.79 Å². The molecule has 4 heterocycles. The maximum absolute atomic E-state index is 12.7. The number of amides is 1. The van der Waals surface area contributed by atoms with E-state index >= 15 is 0 Å². The van der Waals surface area contributed by atoms with Crippen molar-refractivity contribution < 1.29 is 9.53 Å². The molecule has 1 N–H and O–H groups in total. The molecule has 0 unspecified atom stereocenters. The van der Waals surface area contributed by atoms with Crippen LogP contribution in [0.1, 0.15) is 12.8 Å². The Bertz CT molecular complexity index is 932. The zero-order valence-electron chi connectivity index (χ0n) is 15.4. The van der Waals surface area contributed by atoms with E-state index in [2.05, 4.69) is 30.4 Å². The van der Waals surface area contributed by atoms with E-state index in [0.717, 1.165) is 35.8 Å². The van der Waals surface area contributed by atoms with Crippen LogP contribution in [0.5, 0.6) is 5.88 Å². The molecule has 9 heteroatoms. The number of aromatic nitrogens is 4. The predicted octanol–water partition coefficient (Wildman–Crippen LogP) is 2.86. The molecule has 0 radical (unpaired) electrons. The summed E-state index contributed by atoms with van der Waals surface area (Å²) >= 11 is 1.64. The second kappa shape index (κ2) is 8.30. The van der Waals surface area contributed by atoms with Gasteiger partial charge in [-0.25, -0.2) is 9.97 Å². The van der Waals surface area contributed by atoms with Crippen molar-refractivity contribution in [3.63, 3.8) is 0 Å². The summed E-state index contributed by atoms with van der Waals surface area (Å²) in [5.74, 6) is 1.44. The maximum Gasteiger partial charge on any atom is 0.230 e. The van der Waals surface area contributed by atoms with Crippen LogP contribution in [-0.2, 0) is 4.79 Å². The fourth-order valence-electron chi connectivity index (χ4n) is 3.20. The number of piperidine rings is 1. The number of hydrogen-bond acceptors (Lipinski definition) is 8. The summed E-state index contributed by atoms with van der Waals surface area (Å²) in [6.45, 7) is 1.46. The number of nitrogens with zero attached hydrogens (tertiary/aromatic N) is 5. The Morgan fingerprint density at radius 1 is 1.29 bits per heavy atom. The summed E-state index contributed by atoms with van der Waals surface area (Å²) in [6.07, 6.45) is 3.11. The van der Waals surface area contributed by atoms with Crippen LogP contribution in [0.3, 0.4) is 0 Å². The van der Waals surface area contributed by atoms with Gasteiger partial charge in [-0.15, -0.1) is 21.5 Å². The normalized spacial score (nSPS) is 16.6. The zero-order valence-corrected chi connectivity index (χ0v) is 16.2. The van der Waals surface area contributed by atoms with Gasteiger partial charge >= 0.3 is 0 Å². The molecule has 3 aromatic rings. The van der Waals surface area contributed by atoms with Gasteiger partial charge in [-0.1, -0.05) is 6.07 Å². The Morgan fingerprint density at radius 3 is 2.96 bits per heavy atom. The number of rotatable bonds is 5. The third-order valence-corrected chi connectivity index (χ3v) is 5.54. The summed E-state index contributed by atoms with van der Waals surface area (Å²) in [5, 5.41) is 13.6. The van der Waals surface area contributed by atoms with E-state index in [4.69, 9.17) is 4.74 Å². The van der Waals surface area contributed by atoms with Gasteiger partial charge in [-0.2, -0.15) is 0 Å². The third kappa shape index (κ3) is 4.09. The minimum absolute atomic E-state index is 0.0615. The molecule has 0 aromatic carbocycles. The molecule has 1 aliphatic heterocycles. The quantitative estimate of drug-likeness (QED) is 0.709. The van der Waals surface area contributed by atoms with Gasteiger partial charge in [0.15, 0.2) is 5.82 Å². The second-order valence-electron chi connectivity index (χ2n) is 6.47. The van der Waals surface area contributed by atoms with Crippen molar-refractivity contribution in [3.05, 3.63) is 42.0 Å². The van der Waals surface area contributed by atoms with Crippen LogP contribution in [-0.4, -0.2) is 46.3 Å². The molecule has 0 aliphatic carbocycles. The molecule has 1 fully saturated rings. The molecule has 1 atom stereocenters. The highest BCUT2D eigenvalue weighted by atomic mass is 32.1. The zero-order chi connectivity index (χ0) is 19.3. The van der Waals surface area contributed by atoms with Crippen LogP contribution >= 0.6 is 11.3 Å². The fraction of sp³-hybridized carbons (Fsp3) is 0.316. The first-order chi connectivity index (χ1) is 13.7. The molecule has 1 amide bonds. The predicted molar refractivity (Wildman–Crippen MR) is 107 cm³/mol. The standard InChI is InChI=1S/C19H20N6O2S/c1-27-18-10-16(20-12-21-18)22-19(26)13-4-2-8-25(11-13)17-7-6-14(23-24-17)15-5-3-9-28-15/h3,5-7,9-10,12-13H,2,4,8,11H2,1H3,(H,20,21,22,26)/t13-/m0/s1. The first-order valence-corrected chi connectivity index (χ1v) is 9.90. The number of nitrogens with one attached hydrogen (secondary N) is 1. The van der Waals surface area contributed by atoms with Crippen LogP contribution in [0.2, 0.25) is 0 Å². The highest BCUT2D eigenvalue weighted by Gasteiger charge is 2.27. The van der Waals surface area contributed by atoms with Crippen molar-refractivity contribution in [2.45, 2.75) is 12.8 Å². The number of hydrogen-bond donors (Lipinski definition) is 1. The number of thiophene rings is 1. The Hall–Kier alpha value is -3.07. The Balaban J connectivity index is 1.41. The van der Waals surface area contributed by atoms with Crippen molar-refractivity contribution in [1.82, 2.24) is 20.2 Å². The molecular weight excluding hydrogens is 376 g/mol. The smallest absolute Gasteiger partial charge is 0.230 e. The minimum atomic E-state index is -0.145. The van der Waals surface area contributed by atoms with Crippen LogP contribution in [0.25, 0.3) is 10.6 Å². The molecule has 4 rings (SSSR count). The van der Waals surface area contributed by atoms with Crippen LogP contribution in [0.15, 0.2) is 42.0 Å². The van der Waals surface area contributed by atoms with Gasteiger partial charge in [0.1, 0.15) is 17.8 Å². The van der Waals surface area contributed by atoms with Crippen molar-refractivity contribution >= 4 is 28.9 Å².